The average Bonchev–Trinajstić information content (AvgIpc) is 3.26. The lowest BCUT2D eigenvalue weighted by Crippen LogP contribution is -2.41. The highest BCUT2D eigenvalue weighted by atomic mass is 35.5. The number of fused-ring (bicyclic) bond motifs is 1. The van der Waals surface area contributed by atoms with Crippen LogP contribution >= 0.6 is 11.6 Å². The number of rotatable bonds is 4. The number of aryl methyl sites for hydroxylation is 1. The number of amides is 1. The SMILES string of the molecule is Cn1ccnc1[C@H](NC(=O)[C@@H]1Cc2cc(Cl)ccc2O1)c1ccccc1F. The van der Waals surface area contributed by atoms with Gasteiger partial charge in [0.1, 0.15) is 23.4 Å². The van der Waals surface area contributed by atoms with E-state index in [0.29, 0.717) is 28.6 Å². The van der Waals surface area contributed by atoms with E-state index in [4.69, 9.17) is 16.3 Å². The number of halogens is 2. The summed E-state index contributed by atoms with van der Waals surface area (Å²) in [6, 6.07) is 10.9. The lowest BCUT2D eigenvalue weighted by molar-refractivity contribution is -0.127. The standard InChI is InChI=1S/C20H17ClFN3O2/c1-25-9-8-23-19(25)18(14-4-2-3-5-15(14)22)24-20(26)17-11-12-10-13(21)6-7-16(12)27-17/h2-10,17-18H,11H2,1H3,(H,24,26)/t17-,18+/m0/s1. The van der Waals surface area contributed by atoms with Gasteiger partial charge in [-0.1, -0.05) is 29.8 Å². The van der Waals surface area contributed by atoms with Crippen LogP contribution in [0.3, 0.4) is 0 Å². The molecule has 0 unspecified atom stereocenters. The van der Waals surface area contributed by atoms with E-state index in [0.717, 1.165) is 5.56 Å². The molecule has 1 amide bonds. The zero-order valence-electron chi connectivity index (χ0n) is 14.5. The maximum atomic E-state index is 14.4. The number of imidazole rings is 1. The molecule has 3 aromatic rings. The maximum Gasteiger partial charge on any atom is 0.262 e. The van der Waals surface area contributed by atoms with Crippen LogP contribution in [0.4, 0.5) is 4.39 Å². The van der Waals surface area contributed by atoms with Crippen molar-refractivity contribution in [1.82, 2.24) is 14.9 Å². The van der Waals surface area contributed by atoms with Crippen molar-refractivity contribution >= 4 is 17.5 Å². The molecule has 0 saturated carbocycles. The van der Waals surface area contributed by atoms with Crippen LogP contribution in [0, 0.1) is 5.82 Å². The van der Waals surface area contributed by atoms with E-state index in [9.17, 15) is 9.18 Å². The van der Waals surface area contributed by atoms with E-state index >= 15 is 0 Å². The number of nitrogens with zero attached hydrogens (tertiary/aromatic N) is 2. The van der Waals surface area contributed by atoms with Crippen molar-refractivity contribution in [1.29, 1.82) is 0 Å². The molecule has 5 nitrogen and oxygen atoms in total. The molecule has 1 N–H and O–H groups in total. The molecule has 138 valence electrons. The molecule has 7 heteroatoms. The molecule has 27 heavy (non-hydrogen) atoms. The first-order valence-corrected chi connectivity index (χ1v) is 8.88. The summed E-state index contributed by atoms with van der Waals surface area (Å²) in [6.45, 7) is 0. The van der Waals surface area contributed by atoms with E-state index in [1.165, 1.54) is 6.07 Å². The summed E-state index contributed by atoms with van der Waals surface area (Å²) in [5.74, 6) is 0.428. The maximum absolute atomic E-state index is 14.4. The third-order valence-electron chi connectivity index (χ3n) is 4.61. The molecule has 0 spiro atoms. The van der Waals surface area contributed by atoms with Crippen LogP contribution < -0.4 is 10.1 Å². The number of hydrogen-bond donors (Lipinski definition) is 1. The fraction of sp³-hybridized carbons (Fsp3) is 0.200. The number of nitrogens with one attached hydrogen (secondary N) is 1. The zero-order chi connectivity index (χ0) is 19.0. The highest BCUT2D eigenvalue weighted by Gasteiger charge is 2.32. The third-order valence-corrected chi connectivity index (χ3v) is 4.84. The number of benzene rings is 2. The summed E-state index contributed by atoms with van der Waals surface area (Å²) in [7, 11) is 1.80. The van der Waals surface area contributed by atoms with Gasteiger partial charge in [0.25, 0.3) is 5.91 Å². The molecule has 0 saturated heterocycles. The molecule has 2 aromatic carbocycles. The molecule has 1 aliphatic heterocycles. The Kier molecular flexibility index (Phi) is 4.58. The highest BCUT2D eigenvalue weighted by Crippen LogP contribution is 2.32. The van der Waals surface area contributed by atoms with E-state index in [1.807, 2.05) is 0 Å². The second-order valence-electron chi connectivity index (χ2n) is 6.42. The van der Waals surface area contributed by atoms with Gasteiger partial charge in [-0.3, -0.25) is 4.79 Å². The zero-order valence-corrected chi connectivity index (χ0v) is 15.3. The molecule has 1 aliphatic rings. The number of ether oxygens (including phenoxy) is 1. The second-order valence-corrected chi connectivity index (χ2v) is 6.86. The molecule has 0 aliphatic carbocycles. The van der Waals surface area contributed by atoms with Crippen LogP contribution in [0.5, 0.6) is 5.75 Å². The summed E-state index contributed by atoms with van der Waals surface area (Å²) < 4.78 is 21.9. The molecule has 0 radical (unpaired) electrons. The van der Waals surface area contributed by atoms with Crippen molar-refractivity contribution in [2.75, 3.05) is 0 Å². The van der Waals surface area contributed by atoms with Crippen LogP contribution in [0.25, 0.3) is 0 Å². The number of hydrogen-bond acceptors (Lipinski definition) is 3. The predicted molar refractivity (Wildman–Crippen MR) is 99.2 cm³/mol. The minimum Gasteiger partial charge on any atom is -0.480 e. The first kappa shape index (κ1) is 17.5. The summed E-state index contributed by atoms with van der Waals surface area (Å²) in [4.78, 5) is 17.2. The Hall–Kier alpha value is -2.86. The first-order valence-electron chi connectivity index (χ1n) is 8.50. The normalized spacial score (nSPS) is 16.5. The molecule has 2 atom stereocenters. The van der Waals surface area contributed by atoms with Crippen LogP contribution in [0.1, 0.15) is 23.0 Å². The van der Waals surface area contributed by atoms with Gasteiger partial charge in [-0.15, -0.1) is 0 Å². The van der Waals surface area contributed by atoms with Gasteiger partial charge in [0.15, 0.2) is 6.10 Å². The minimum absolute atomic E-state index is 0.335. The molecule has 0 fully saturated rings. The van der Waals surface area contributed by atoms with E-state index in [-0.39, 0.29) is 5.91 Å². The Morgan fingerprint density at radius 1 is 1.37 bits per heavy atom. The average molecular weight is 386 g/mol. The van der Waals surface area contributed by atoms with Gasteiger partial charge in [0, 0.05) is 36.4 Å². The van der Waals surface area contributed by atoms with Crippen LogP contribution in [0.2, 0.25) is 5.02 Å². The van der Waals surface area contributed by atoms with E-state index in [1.54, 1.807) is 60.4 Å². The van der Waals surface area contributed by atoms with Gasteiger partial charge in [0.05, 0.1) is 0 Å². The van der Waals surface area contributed by atoms with Crippen molar-refractivity contribution in [2.24, 2.45) is 7.05 Å². The van der Waals surface area contributed by atoms with Crippen molar-refractivity contribution in [3.8, 4) is 5.75 Å². The van der Waals surface area contributed by atoms with Crippen molar-refractivity contribution in [3.63, 3.8) is 0 Å². The first-order chi connectivity index (χ1) is 13.0. The Morgan fingerprint density at radius 2 is 2.19 bits per heavy atom. The number of carbonyl (C=O) groups is 1. The summed E-state index contributed by atoms with van der Waals surface area (Å²) in [5.41, 5.74) is 1.22. The summed E-state index contributed by atoms with van der Waals surface area (Å²) in [5, 5.41) is 3.48. The molecular formula is C20H17ClFN3O2. The van der Waals surface area contributed by atoms with Gasteiger partial charge >= 0.3 is 0 Å². The monoisotopic (exact) mass is 385 g/mol. The van der Waals surface area contributed by atoms with Crippen molar-refractivity contribution < 1.29 is 13.9 Å². The Morgan fingerprint density at radius 3 is 2.93 bits per heavy atom. The molecule has 0 bridgehead atoms. The predicted octanol–water partition coefficient (Wildman–Crippen LogP) is 3.42. The number of carbonyl (C=O) groups excluding carboxylic acids is 1. The van der Waals surface area contributed by atoms with E-state index in [2.05, 4.69) is 10.3 Å². The van der Waals surface area contributed by atoms with Crippen LogP contribution in [0.15, 0.2) is 54.9 Å². The van der Waals surface area contributed by atoms with Gasteiger partial charge in [-0.25, -0.2) is 9.37 Å². The largest absolute Gasteiger partial charge is 0.480 e. The second kappa shape index (κ2) is 7.04. The summed E-state index contributed by atoms with van der Waals surface area (Å²) >= 11 is 6.01. The third kappa shape index (κ3) is 3.40. The molecule has 2 heterocycles. The Bertz CT molecular complexity index is 1000. The van der Waals surface area contributed by atoms with Crippen molar-refractivity contribution in [3.05, 3.63) is 82.6 Å². The topological polar surface area (TPSA) is 56.2 Å². The van der Waals surface area contributed by atoms with Gasteiger partial charge < -0.3 is 14.6 Å². The lowest BCUT2D eigenvalue weighted by atomic mass is 10.0. The Labute approximate surface area is 160 Å². The molecule has 1 aromatic heterocycles. The quantitative estimate of drug-likeness (QED) is 0.748. The minimum atomic E-state index is -0.727. The van der Waals surface area contributed by atoms with Gasteiger partial charge in [-0.05, 0) is 29.8 Å². The molecule has 4 rings (SSSR count). The van der Waals surface area contributed by atoms with E-state index < -0.39 is 18.0 Å². The lowest BCUT2D eigenvalue weighted by Gasteiger charge is -2.21. The number of aromatic nitrogens is 2. The summed E-state index contributed by atoms with van der Waals surface area (Å²) in [6.07, 6.45) is 3.07. The van der Waals surface area contributed by atoms with Crippen molar-refractivity contribution in [2.45, 2.75) is 18.6 Å². The molecular weight excluding hydrogens is 369 g/mol. The smallest absolute Gasteiger partial charge is 0.262 e. The van der Waals surface area contributed by atoms with Gasteiger partial charge in [-0.2, -0.15) is 0 Å². The van der Waals surface area contributed by atoms with Gasteiger partial charge in [0.2, 0.25) is 0 Å². The Balaban J connectivity index is 1.60. The van der Waals surface area contributed by atoms with Crippen LogP contribution in [-0.2, 0) is 18.3 Å². The van der Waals surface area contributed by atoms with Crippen LogP contribution in [-0.4, -0.2) is 21.6 Å². The fourth-order valence-corrected chi connectivity index (χ4v) is 3.44. The highest BCUT2D eigenvalue weighted by molar-refractivity contribution is 6.30. The fourth-order valence-electron chi connectivity index (χ4n) is 3.24.